The van der Waals surface area contributed by atoms with Crippen LogP contribution in [0.2, 0.25) is 0 Å². The molecule has 3 aromatic rings. The van der Waals surface area contributed by atoms with Gasteiger partial charge in [-0.3, -0.25) is 0 Å². The first-order valence-electron chi connectivity index (χ1n) is 11.2. The minimum atomic E-state index is -1.00. The maximum atomic E-state index is 12.8. The Balaban J connectivity index is 1.40. The summed E-state index contributed by atoms with van der Waals surface area (Å²) in [7, 11) is 0. The van der Waals surface area contributed by atoms with Crippen LogP contribution in [0.5, 0.6) is 0 Å². The van der Waals surface area contributed by atoms with Crippen LogP contribution < -0.4 is 9.67 Å². The maximum absolute atomic E-state index is 12.8. The fourth-order valence-electron chi connectivity index (χ4n) is 4.27. The Morgan fingerprint density at radius 2 is 1.50 bits per heavy atom. The third-order valence-electron chi connectivity index (χ3n) is 6.13. The summed E-state index contributed by atoms with van der Waals surface area (Å²) in [5.74, 6) is -1.19. The second-order valence-corrected chi connectivity index (χ2v) is 11.2. The van der Waals surface area contributed by atoms with Crippen LogP contribution in [0.3, 0.4) is 0 Å². The molecule has 0 radical (unpaired) electrons. The molecule has 0 spiro atoms. The number of aliphatic carboxylic acids is 1. The van der Waals surface area contributed by atoms with Gasteiger partial charge >= 0.3 is 196 Å². The van der Waals surface area contributed by atoms with E-state index in [1.54, 1.807) is 12.1 Å². The normalized spacial score (nSPS) is 15.6. The van der Waals surface area contributed by atoms with Crippen molar-refractivity contribution in [2.24, 2.45) is 0 Å². The van der Waals surface area contributed by atoms with Crippen LogP contribution in [0, 0.1) is 13.8 Å². The van der Waals surface area contributed by atoms with Gasteiger partial charge in [-0.1, -0.05) is 0 Å². The average Bonchev–Trinajstić information content (AvgIpc) is 3.32. The van der Waals surface area contributed by atoms with Crippen LogP contribution in [0.1, 0.15) is 34.3 Å². The Morgan fingerprint density at radius 1 is 0.912 bits per heavy atom. The number of rotatable bonds is 6. The van der Waals surface area contributed by atoms with Crippen molar-refractivity contribution in [3.8, 4) is 11.1 Å². The topological polar surface area (TPSA) is 86.7 Å². The van der Waals surface area contributed by atoms with Gasteiger partial charge in [0.1, 0.15) is 0 Å². The number of hydrogen-bond donors (Lipinski definition) is 2. The van der Waals surface area contributed by atoms with E-state index in [9.17, 15) is 19.5 Å². The molecule has 1 aliphatic rings. The van der Waals surface area contributed by atoms with Gasteiger partial charge in [0.15, 0.2) is 0 Å². The molecule has 3 aromatic carbocycles. The molecule has 1 fully saturated rings. The van der Waals surface area contributed by atoms with Crippen molar-refractivity contribution in [2.45, 2.75) is 32.7 Å². The summed E-state index contributed by atoms with van der Waals surface area (Å²) in [4.78, 5) is 38.2. The monoisotopic (exact) mass is 518 g/mol. The molecule has 34 heavy (non-hydrogen) atoms. The molecule has 174 valence electrons. The van der Waals surface area contributed by atoms with Crippen molar-refractivity contribution in [1.82, 2.24) is 4.90 Å². The first-order chi connectivity index (χ1) is 16.3. The molecule has 2 atom stereocenters. The zero-order valence-electron chi connectivity index (χ0n) is 19.2. The first-order valence-corrected chi connectivity index (χ1v) is 13.3. The molecule has 2 amide bonds. The number of aryl methyl sites for hydroxylation is 2. The zero-order chi connectivity index (χ0) is 24.2. The molecule has 4 rings (SSSR count). The summed E-state index contributed by atoms with van der Waals surface area (Å²) in [6.07, 6.45) is 1.20. The number of carbonyl (C=O) groups is 3. The molecule has 0 bridgehead atoms. The summed E-state index contributed by atoms with van der Waals surface area (Å²) in [5, 5.41) is 12.4. The number of likely N-dealkylation sites (tertiary alicyclic amines) is 1. The van der Waals surface area contributed by atoms with Crippen molar-refractivity contribution >= 4 is 42.4 Å². The second kappa shape index (κ2) is 10.3. The van der Waals surface area contributed by atoms with Crippen LogP contribution in [-0.4, -0.2) is 54.9 Å². The fraction of sp³-hybridized carbons (Fsp3) is 0.222. The molecule has 7 heteroatoms. The van der Waals surface area contributed by atoms with Crippen LogP contribution >= 0.6 is 0 Å². The van der Waals surface area contributed by atoms with Gasteiger partial charge in [0, 0.05) is 0 Å². The molecule has 1 heterocycles. The van der Waals surface area contributed by atoms with Crippen molar-refractivity contribution in [2.75, 3.05) is 11.9 Å². The molecule has 0 aliphatic carbocycles. The van der Waals surface area contributed by atoms with E-state index in [2.05, 4.69) is 5.32 Å². The molecule has 1 aliphatic heterocycles. The van der Waals surface area contributed by atoms with Crippen molar-refractivity contribution in [3.63, 3.8) is 0 Å². The SMILES string of the molecule is Cc1cccc(C)c1NC(=O)[AsH]c1ccc(-c2ccc(C(=O)N3CCC[C@@H]3C(=O)O)cc2)cc1. The molecule has 6 nitrogen and oxygen atoms in total. The fourth-order valence-corrected chi connectivity index (χ4v) is 5.91. The number of carbonyl (C=O) groups excluding carboxylic acids is 2. The summed E-state index contributed by atoms with van der Waals surface area (Å²) < 4.78 is 1.10. The van der Waals surface area contributed by atoms with Crippen molar-refractivity contribution in [3.05, 3.63) is 83.4 Å². The predicted molar refractivity (Wildman–Crippen MR) is 135 cm³/mol. The van der Waals surface area contributed by atoms with E-state index in [4.69, 9.17) is 0 Å². The van der Waals surface area contributed by atoms with E-state index in [1.165, 1.54) is 4.90 Å². The zero-order valence-corrected chi connectivity index (χ0v) is 21.3. The van der Waals surface area contributed by atoms with E-state index in [0.29, 0.717) is 24.9 Å². The van der Waals surface area contributed by atoms with Crippen LogP contribution in [0.15, 0.2) is 66.7 Å². The standard InChI is InChI=1S/C27H27AsN2O4/c1-17-5-3-6-18(2)24(17)29-27(34)28-22-14-12-20(13-15-22)19-8-10-21(11-9-19)25(31)30-16-4-7-23(30)26(32)33/h3,5-6,8-15,23,28H,4,7,16H2,1-2H3,(H,29,34)(H,32,33)/t23-/m1/s1. The predicted octanol–water partition coefficient (Wildman–Crippen LogP) is 3.95. The van der Waals surface area contributed by atoms with Gasteiger partial charge in [0.2, 0.25) is 0 Å². The first kappa shape index (κ1) is 23.8. The van der Waals surface area contributed by atoms with Gasteiger partial charge < -0.3 is 5.11 Å². The number of benzene rings is 3. The quantitative estimate of drug-likeness (QED) is 0.484. The van der Waals surface area contributed by atoms with Crippen LogP contribution in [0.25, 0.3) is 11.1 Å². The third kappa shape index (κ3) is 5.23. The Bertz CT molecular complexity index is 1200. The Hall–Kier alpha value is -3.37. The van der Waals surface area contributed by atoms with E-state index < -0.39 is 27.8 Å². The van der Waals surface area contributed by atoms with Crippen molar-refractivity contribution in [1.29, 1.82) is 0 Å². The third-order valence-corrected chi connectivity index (χ3v) is 8.17. The average molecular weight is 518 g/mol. The minimum absolute atomic E-state index is 0.0644. The number of anilines is 1. The van der Waals surface area contributed by atoms with Gasteiger partial charge in [-0.05, 0) is 0 Å². The molecule has 0 aromatic heterocycles. The van der Waals surface area contributed by atoms with Gasteiger partial charge in [0.25, 0.3) is 0 Å². The number of nitrogens with zero attached hydrogens (tertiary/aromatic N) is 1. The van der Waals surface area contributed by atoms with E-state index >= 15 is 0 Å². The van der Waals surface area contributed by atoms with Gasteiger partial charge in [-0.2, -0.15) is 0 Å². The summed E-state index contributed by atoms with van der Waals surface area (Å²) >= 11 is -1.00. The molecular formula is C27H27AsN2O4. The van der Waals surface area contributed by atoms with Gasteiger partial charge in [0.05, 0.1) is 0 Å². The number of para-hydroxylation sites is 1. The summed E-state index contributed by atoms with van der Waals surface area (Å²) in [5.41, 5.74) is 5.45. The number of carboxylic acid groups (broad SMARTS) is 1. The van der Waals surface area contributed by atoms with Gasteiger partial charge in [-0.25, -0.2) is 4.79 Å². The molecule has 2 N–H and O–H groups in total. The summed E-state index contributed by atoms with van der Waals surface area (Å²) in [6.45, 7) is 4.46. The Labute approximate surface area is 205 Å². The van der Waals surface area contributed by atoms with Crippen molar-refractivity contribution < 1.29 is 19.5 Å². The van der Waals surface area contributed by atoms with Gasteiger partial charge in [-0.15, -0.1) is 0 Å². The van der Waals surface area contributed by atoms with E-state index in [0.717, 1.165) is 32.3 Å². The molecular weight excluding hydrogens is 491 g/mol. The molecule has 0 saturated carbocycles. The van der Waals surface area contributed by atoms with E-state index in [-0.39, 0.29) is 10.6 Å². The molecule has 1 unspecified atom stereocenters. The number of amides is 2. The van der Waals surface area contributed by atoms with Crippen LogP contribution in [-0.2, 0) is 4.79 Å². The number of nitrogens with one attached hydrogen (secondary N) is 1. The molecule has 1 saturated heterocycles. The number of carboxylic acids is 1. The number of hydrogen-bond acceptors (Lipinski definition) is 3. The van der Waals surface area contributed by atoms with E-state index in [1.807, 2.05) is 68.4 Å². The van der Waals surface area contributed by atoms with Crippen LogP contribution in [0.4, 0.5) is 10.5 Å². The Morgan fingerprint density at radius 3 is 2.09 bits per heavy atom. The summed E-state index contributed by atoms with van der Waals surface area (Å²) in [6, 6.07) is 20.4. The second-order valence-electron chi connectivity index (χ2n) is 8.50. The Kier molecular flexibility index (Phi) is 7.18.